The Morgan fingerprint density at radius 1 is 1.50 bits per heavy atom. The molecular formula is C8H13ClN2O. The van der Waals surface area contributed by atoms with Gasteiger partial charge in [-0.2, -0.15) is 0 Å². The number of pyridine rings is 1. The van der Waals surface area contributed by atoms with Gasteiger partial charge in [-0.15, -0.1) is 0 Å². The van der Waals surface area contributed by atoms with Crippen molar-refractivity contribution >= 4 is 17.4 Å². The molecule has 1 rings (SSSR count). The lowest BCUT2D eigenvalue weighted by atomic mass is 10.4. The normalized spacial score (nSPS) is 8.33. The molecule has 1 aromatic rings. The third-order valence-corrected chi connectivity index (χ3v) is 1.35. The molecule has 0 saturated carbocycles. The summed E-state index contributed by atoms with van der Waals surface area (Å²) >= 11 is 5.65. The average Bonchev–Trinajstić information content (AvgIpc) is 2.13. The van der Waals surface area contributed by atoms with Gasteiger partial charge in [0.05, 0.1) is 13.3 Å². The third-order valence-electron chi connectivity index (χ3n) is 1.06. The van der Waals surface area contributed by atoms with Crippen molar-refractivity contribution in [2.75, 3.05) is 12.8 Å². The summed E-state index contributed by atoms with van der Waals surface area (Å²) in [7, 11) is 1.53. The van der Waals surface area contributed by atoms with Gasteiger partial charge in [0.1, 0.15) is 16.6 Å². The number of halogens is 1. The SMILES string of the molecule is CC.COc1cc(N)ncc1Cl. The topological polar surface area (TPSA) is 48.1 Å². The fourth-order valence-corrected chi connectivity index (χ4v) is 0.772. The first-order valence-electron chi connectivity index (χ1n) is 3.69. The van der Waals surface area contributed by atoms with Crippen LogP contribution >= 0.6 is 11.6 Å². The molecule has 1 aromatic heterocycles. The summed E-state index contributed by atoms with van der Waals surface area (Å²) < 4.78 is 4.87. The van der Waals surface area contributed by atoms with E-state index in [0.717, 1.165) is 0 Å². The van der Waals surface area contributed by atoms with Crippen molar-refractivity contribution in [2.45, 2.75) is 13.8 Å². The zero-order valence-corrected chi connectivity index (χ0v) is 8.22. The predicted octanol–water partition coefficient (Wildman–Crippen LogP) is 2.35. The predicted molar refractivity (Wildman–Crippen MR) is 51.6 cm³/mol. The average molecular weight is 189 g/mol. The number of aromatic nitrogens is 1. The third kappa shape index (κ3) is 2.96. The lowest BCUT2D eigenvalue weighted by Crippen LogP contribution is -1.91. The van der Waals surface area contributed by atoms with Gasteiger partial charge in [-0.1, -0.05) is 25.4 Å². The zero-order valence-electron chi connectivity index (χ0n) is 7.47. The molecule has 0 aromatic carbocycles. The first-order valence-corrected chi connectivity index (χ1v) is 4.07. The second-order valence-corrected chi connectivity index (χ2v) is 2.15. The van der Waals surface area contributed by atoms with Gasteiger partial charge in [0.2, 0.25) is 0 Å². The second-order valence-electron chi connectivity index (χ2n) is 1.74. The monoisotopic (exact) mass is 188 g/mol. The maximum Gasteiger partial charge on any atom is 0.142 e. The summed E-state index contributed by atoms with van der Waals surface area (Å²) in [5.74, 6) is 0.954. The van der Waals surface area contributed by atoms with Gasteiger partial charge in [-0.25, -0.2) is 4.98 Å². The largest absolute Gasteiger partial charge is 0.495 e. The Bertz CT molecular complexity index is 240. The molecule has 0 saturated heterocycles. The molecule has 4 heteroatoms. The van der Waals surface area contributed by atoms with Crippen LogP contribution in [0.1, 0.15) is 13.8 Å². The number of hydrogen-bond donors (Lipinski definition) is 1. The Balaban J connectivity index is 0.000000561. The van der Waals surface area contributed by atoms with E-state index in [0.29, 0.717) is 16.6 Å². The molecule has 0 bridgehead atoms. The highest BCUT2D eigenvalue weighted by atomic mass is 35.5. The fourth-order valence-electron chi connectivity index (χ4n) is 0.592. The van der Waals surface area contributed by atoms with E-state index < -0.39 is 0 Å². The van der Waals surface area contributed by atoms with Crippen LogP contribution in [0.5, 0.6) is 5.75 Å². The summed E-state index contributed by atoms with van der Waals surface area (Å²) in [5, 5.41) is 0.469. The minimum Gasteiger partial charge on any atom is -0.495 e. The molecule has 0 atom stereocenters. The van der Waals surface area contributed by atoms with Crippen LogP contribution in [0.25, 0.3) is 0 Å². The van der Waals surface area contributed by atoms with Crippen molar-refractivity contribution in [1.29, 1.82) is 0 Å². The van der Waals surface area contributed by atoms with Crippen molar-refractivity contribution in [1.82, 2.24) is 4.98 Å². The standard InChI is InChI=1S/C6H7ClN2O.C2H6/c1-10-5-2-6(8)9-3-4(5)7;1-2/h2-3H,1H3,(H2,8,9);1-2H3. The first-order chi connectivity index (χ1) is 5.74. The molecule has 0 spiro atoms. The maximum atomic E-state index is 5.65. The lowest BCUT2D eigenvalue weighted by molar-refractivity contribution is 0.415. The van der Waals surface area contributed by atoms with Crippen molar-refractivity contribution < 1.29 is 4.74 Å². The minimum absolute atomic E-state index is 0.404. The summed E-state index contributed by atoms with van der Waals surface area (Å²) in [6.45, 7) is 4.00. The van der Waals surface area contributed by atoms with Gasteiger partial charge in [0.15, 0.2) is 0 Å². The number of nitrogens with two attached hydrogens (primary N) is 1. The highest BCUT2D eigenvalue weighted by Crippen LogP contribution is 2.23. The lowest BCUT2D eigenvalue weighted by Gasteiger charge is -2.01. The summed E-state index contributed by atoms with van der Waals surface area (Å²) in [4.78, 5) is 3.75. The van der Waals surface area contributed by atoms with Crippen molar-refractivity contribution in [3.05, 3.63) is 17.3 Å². The Kier molecular flexibility index (Phi) is 5.21. The highest BCUT2D eigenvalue weighted by Gasteiger charge is 1.99. The van der Waals surface area contributed by atoms with Gasteiger partial charge in [-0.3, -0.25) is 0 Å². The summed E-state index contributed by atoms with van der Waals surface area (Å²) in [6, 6.07) is 1.57. The Hall–Kier alpha value is -0.960. The van der Waals surface area contributed by atoms with E-state index in [1.807, 2.05) is 13.8 Å². The Labute approximate surface area is 77.5 Å². The number of anilines is 1. The molecule has 0 fully saturated rings. The van der Waals surface area contributed by atoms with Crippen molar-refractivity contribution in [3.63, 3.8) is 0 Å². The van der Waals surface area contributed by atoms with Crippen molar-refractivity contribution in [2.24, 2.45) is 0 Å². The Morgan fingerprint density at radius 2 is 2.08 bits per heavy atom. The van der Waals surface area contributed by atoms with Crippen LogP contribution < -0.4 is 10.5 Å². The van der Waals surface area contributed by atoms with Crippen LogP contribution in [0.15, 0.2) is 12.3 Å². The van der Waals surface area contributed by atoms with E-state index in [4.69, 9.17) is 22.1 Å². The van der Waals surface area contributed by atoms with Crippen LogP contribution in [0.3, 0.4) is 0 Å². The van der Waals surface area contributed by atoms with Crippen LogP contribution in [0.2, 0.25) is 5.02 Å². The minimum atomic E-state index is 0.404. The van der Waals surface area contributed by atoms with Gasteiger partial charge in [0, 0.05) is 6.07 Å². The first kappa shape index (κ1) is 11.0. The number of rotatable bonds is 1. The van der Waals surface area contributed by atoms with Gasteiger partial charge < -0.3 is 10.5 Å². The molecule has 0 aliphatic carbocycles. The summed E-state index contributed by atoms with van der Waals surface area (Å²) in [6.07, 6.45) is 1.45. The van der Waals surface area contributed by atoms with E-state index >= 15 is 0 Å². The highest BCUT2D eigenvalue weighted by molar-refractivity contribution is 6.31. The Morgan fingerprint density at radius 3 is 2.50 bits per heavy atom. The molecule has 0 aliphatic heterocycles. The molecule has 0 aliphatic rings. The van der Waals surface area contributed by atoms with Gasteiger partial charge in [0.25, 0.3) is 0 Å². The van der Waals surface area contributed by atoms with Crippen LogP contribution in [0.4, 0.5) is 5.82 Å². The van der Waals surface area contributed by atoms with E-state index in [-0.39, 0.29) is 0 Å². The van der Waals surface area contributed by atoms with Gasteiger partial charge in [-0.05, 0) is 0 Å². The summed E-state index contributed by atoms with van der Waals surface area (Å²) in [5.41, 5.74) is 5.35. The molecule has 0 radical (unpaired) electrons. The van der Waals surface area contributed by atoms with E-state index in [2.05, 4.69) is 4.98 Å². The number of nitrogens with zero attached hydrogens (tertiary/aromatic N) is 1. The van der Waals surface area contributed by atoms with Crippen molar-refractivity contribution in [3.8, 4) is 5.75 Å². The van der Waals surface area contributed by atoms with Gasteiger partial charge >= 0.3 is 0 Å². The molecule has 0 unspecified atom stereocenters. The smallest absolute Gasteiger partial charge is 0.142 e. The number of ether oxygens (including phenoxy) is 1. The van der Waals surface area contributed by atoms with Crippen LogP contribution in [-0.2, 0) is 0 Å². The molecule has 1 heterocycles. The molecule has 0 amide bonds. The number of nitrogen functional groups attached to an aromatic ring is 1. The molecule has 12 heavy (non-hydrogen) atoms. The zero-order chi connectivity index (χ0) is 9.56. The quantitative estimate of drug-likeness (QED) is 0.736. The fraction of sp³-hybridized carbons (Fsp3) is 0.375. The van der Waals surface area contributed by atoms with Crippen LogP contribution in [0, 0.1) is 0 Å². The molecule has 2 N–H and O–H groups in total. The van der Waals surface area contributed by atoms with E-state index in [9.17, 15) is 0 Å². The molecule has 3 nitrogen and oxygen atoms in total. The number of methoxy groups -OCH3 is 1. The van der Waals surface area contributed by atoms with E-state index in [1.54, 1.807) is 6.07 Å². The van der Waals surface area contributed by atoms with E-state index in [1.165, 1.54) is 13.3 Å². The van der Waals surface area contributed by atoms with Crippen LogP contribution in [-0.4, -0.2) is 12.1 Å². The molecular weight excluding hydrogens is 176 g/mol. The number of hydrogen-bond acceptors (Lipinski definition) is 3. The second kappa shape index (κ2) is 5.66. The molecule has 68 valence electrons. The maximum absolute atomic E-state index is 5.65.